The van der Waals surface area contributed by atoms with Crippen molar-refractivity contribution in [2.75, 3.05) is 31.1 Å². The average molecular weight is 412 g/mol. The van der Waals surface area contributed by atoms with E-state index in [0.717, 1.165) is 24.3 Å². The number of piperazine rings is 1. The first-order valence-corrected chi connectivity index (χ1v) is 9.90. The first-order valence-electron chi connectivity index (χ1n) is 9.52. The number of anilines is 1. The Morgan fingerprint density at radius 1 is 1.07 bits per heavy atom. The maximum Gasteiger partial charge on any atom is 0.293 e. The number of benzene rings is 2. The molecule has 8 heteroatoms. The van der Waals surface area contributed by atoms with Crippen LogP contribution < -0.4 is 4.90 Å². The molecule has 0 radical (unpaired) electrons. The number of amides is 1. The van der Waals surface area contributed by atoms with Crippen LogP contribution in [-0.4, -0.2) is 56.9 Å². The molecule has 2 aromatic carbocycles. The number of carbonyl (C=O) groups is 1. The van der Waals surface area contributed by atoms with Gasteiger partial charge in [0, 0.05) is 36.9 Å². The molecule has 1 aromatic heterocycles. The van der Waals surface area contributed by atoms with Crippen molar-refractivity contribution in [3.05, 3.63) is 77.3 Å². The Bertz CT molecular complexity index is 970. The molecule has 1 fully saturated rings. The summed E-state index contributed by atoms with van der Waals surface area (Å²) in [6.07, 6.45) is 0.781. The van der Waals surface area contributed by atoms with Crippen LogP contribution in [-0.2, 0) is 6.54 Å². The highest BCUT2D eigenvalue weighted by Gasteiger charge is 2.25. The lowest BCUT2D eigenvalue weighted by Gasteiger charge is -2.35. The molecular formula is C21H22ClN5O2. The maximum atomic E-state index is 12.8. The second kappa shape index (κ2) is 8.63. The zero-order valence-electron chi connectivity index (χ0n) is 15.9. The molecule has 1 atom stereocenters. The second-order valence-corrected chi connectivity index (χ2v) is 7.41. The van der Waals surface area contributed by atoms with Gasteiger partial charge in [-0.3, -0.25) is 4.79 Å². The summed E-state index contributed by atoms with van der Waals surface area (Å²) in [6.45, 7) is 2.87. The van der Waals surface area contributed by atoms with Crippen LogP contribution in [0.15, 0.2) is 60.9 Å². The van der Waals surface area contributed by atoms with E-state index in [1.807, 2.05) is 54.6 Å². The van der Waals surface area contributed by atoms with Gasteiger partial charge >= 0.3 is 0 Å². The summed E-state index contributed by atoms with van der Waals surface area (Å²) in [6, 6.07) is 17.1. The van der Waals surface area contributed by atoms with E-state index in [1.54, 1.807) is 4.90 Å². The summed E-state index contributed by atoms with van der Waals surface area (Å²) < 4.78 is 1.51. The quantitative estimate of drug-likeness (QED) is 0.698. The zero-order valence-corrected chi connectivity index (χ0v) is 16.6. The van der Waals surface area contributed by atoms with Crippen molar-refractivity contribution >= 4 is 23.2 Å². The highest BCUT2D eigenvalue weighted by atomic mass is 35.5. The third-order valence-electron chi connectivity index (χ3n) is 5.01. The van der Waals surface area contributed by atoms with Gasteiger partial charge in [-0.25, -0.2) is 9.67 Å². The molecule has 0 bridgehead atoms. The van der Waals surface area contributed by atoms with Crippen molar-refractivity contribution in [3.63, 3.8) is 0 Å². The molecule has 3 aromatic rings. The molecule has 0 spiro atoms. The van der Waals surface area contributed by atoms with Crippen LogP contribution in [0.2, 0.25) is 5.02 Å². The molecule has 150 valence electrons. The Hall–Kier alpha value is -2.90. The highest BCUT2D eigenvalue weighted by molar-refractivity contribution is 6.30. The number of aliphatic hydroxyl groups is 1. The van der Waals surface area contributed by atoms with E-state index in [1.165, 1.54) is 11.0 Å². The first kappa shape index (κ1) is 19.4. The van der Waals surface area contributed by atoms with Gasteiger partial charge in [0.2, 0.25) is 5.82 Å². The topological polar surface area (TPSA) is 74.5 Å². The summed E-state index contributed by atoms with van der Waals surface area (Å²) >= 11 is 6.07. The number of rotatable bonds is 5. The third kappa shape index (κ3) is 4.58. The number of hydrogen-bond donors (Lipinski definition) is 1. The minimum Gasteiger partial charge on any atom is -0.386 e. The molecule has 0 aliphatic carbocycles. The summed E-state index contributed by atoms with van der Waals surface area (Å²) in [7, 11) is 0. The minimum atomic E-state index is -0.706. The standard InChI is InChI=1S/C21H22ClN5O2/c22-17-7-4-8-18(13-17)25-9-11-26(12-10-25)21(29)20-23-15-27(24-20)14-19(28)16-5-2-1-3-6-16/h1-8,13,15,19,28H,9-12,14H2. The maximum absolute atomic E-state index is 12.8. The number of aliphatic hydroxyl groups excluding tert-OH is 1. The van der Waals surface area contributed by atoms with E-state index in [4.69, 9.17) is 11.6 Å². The smallest absolute Gasteiger partial charge is 0.293 e. The summed E-state index contributed by atoms with van der Waals surface area (Å²) in [4.78, 5) is 20.9. The molecule has 1 N–H and O–H groups in total. The molecule has 1 unspecified atom stereocenters. The molecule has 7 nitrogen and oxygen atoms in total. The summed E-state index contributed by atoms with van der Waals surface area (Å²) in [5.74, 6) is -0.0369. The van der Waals surface area contributed by atoms with Crippen molar-refractivity contribution in [1.82, 2.24) is 19.7 Å². The van der Waals surface area contributed by atoms with E-state index < -0.39 is 6.10 Å². The van der Waals surface area contributed by atoms with Crippen LogP contribution in [0.1, 0.15) is 22.3 Å². The number of aromatic nitrogens is 3. The van der Waals surface area contributed by atoms with Gasteiger partial charge in [0.25, 0.3) is 5.91 Å². The Morgan fingerprint density at radius 3 is 2.55 bits per heavy atom. The lowest BCUT2D eigenvalue weighted by atomic mass is 10.1. The molecule has 1 aliphatic heterocycles. The molecule has 1 amide bonds. The fourth-order valence-corrected chi connectivity index (χ4v) is 3.60. The molecule has 1 saturated heterocycles. The first-order chi connectivity index (χ1) is 14.1. The van der Waals surface area contributed by atoms with Crippen molar-refractivity contribution < 1.29 is 9.90 Å². The van der Waals surface area contributed by atoms with Crippen LogP contribution in [0, 0.1) is 0 Å². The van der Waals surface area contributed by atoms with E-state index in [9.17, 15) is 9.90 Å². The normalized spacial score (nSPS) is 15.4. The minimum absolute atomic E-state index is 0.154. The van der Waals surface area contributed by atoms with Gasteiger partial charge in [0.05, 0.1) is 12.6 Å². The van der Waals surface area contributed by atoms with Crippen molar-refractivity contribution in [1.29, 1.82) is 0 Å². The molecular weight excluding hydrogens is 390 g/mol. The van der Waals surface area contributed by atoms with Gasteiger partial charge < -0.3 is 14.9 Å². The molecule has 29 heavy (non-hydrogen) atoms. The molecule has 1 aliphatic rings. The van der Waals surface area contributed by atoms with Gasteiger partial charge in [0.1, 0.15) is 6.33 Å². The predicted octanol–water partition coefficient (Wildman–Crippen LogP) is 2.63. The lowest BCUT2D eigenvalue weighted by Crippen LogP contribution is -2.49. The Balaban J connectivity index is 1.35. The van der Waals surface area contributed by atoms with Gasteiger partial charge in [0.15, 0.2) is 0 Å². The van der Waals surface area contributed by atoms with Crippen molar-refractivity contribution in [3.8, 4) is 0 Å². The number of hydrogen-bond acceptors (Lipinski definition) is 5. The van der Waals surface area contributed by atoms with Crippen LogP contribution in [0.4, 0.5) is 5.69 Å². The average Bonchev–Trinajstić information content (AvgIpc) is 3.22. The van der Waals surface area contributed by atoms with Crippen LogP contribution in [0.5, 0.6) is 0 Å². The van der Waals surface area contributed by atoms with E-state index in [2.05, 4.69) is 15.0 Å². The Kier molecular flexibility index (Phi) is 5.78. The molecule has 0 saturated carbocycles. The van der Waals surface area contributed by atoms with Gasteiger partial charge in [-0.15, -0.1) is 5.10 Å². The Labute approximate surface area is 174 Å². The largest absolute Gasteiger partial charge is 0.386 e. The summed E-state index contributed by atoms with van der Waals surface area (Å²) in [5.41, 5.74) is 1.86. The van der Waals surface area contributed by atoms with E-state index in [0.29, 0.717) is 18.1 Å². The van der Waals surface area contributed by atoms with Crippen LogP contribution >= 0.6 is 11.6 Å². The fraction of sp³-hybridized carbons (Fsp3) is 0.286. The SMILES string of the molecule is O=C(c1ncn(CC(O)c2ccccc2)n1)N1CCN(c2cccc(Cl)c2)CC1. The number of carbonyl (C=O) groups excluding carboxylic acids is 1. The van der Waals surface area contributed by atoms with E-state index >= 15 is 0 Å². The number of nitrogens with zero attached hydrogens (tertiary/aromatic N) is 5. The lowest BCUT2D eigenvalue weighted by molar-refractivity contribution is 0.0733. The summed E-state index contributed by atoms with van der Waals surface area (Å²) in [5, 5.41) is 15.3. The predicted molar refractivity (Wildman–Crippen MR) is 111 cm³/mol. The highest BCUT2D eigenvalue weighted by Crippen LogP contribution is 2.21. The molecule has 4 rings (SSSR count). The third-order valence-corrected chi connectivity index (χ3v) is 5.25. The van der Waals surface area contributed by atoms with Crippen molar-refractivity contribution in [2.45, 2.75) is 12.6 Å². The van der Waals surface area contributed by atoms with Crippen molar-refractivity contribution in [2.24, 2.45) is 0 Å². The van der Waals surface area contributed by atoms with Gasteiger partial charge in [-0.1, -0.05) is 48.0 Å². The van der Waals surface area contributed by atoms with Gasteiger partial charge in [-0.2, -0.15) is 0 Å². The number of halogens is 1. The second-order valence-electron chi connectivity index (χ2n) is 6.98. The van der Waals surface area contributed by atoms with Gasteiger partial charge in [-0.05, 0) is 23.8 Å². The monoisotopic (exact) mass is 411 g/mol. The molecule has 2 heterocycles. The van der Waals surface area contributed by atoms with Crippen LogP contribution in [0.3, 0.4) is 0 Å². The Morgan fingerprint density at radius 2 is 1.83 bits per heavy atom. The van der Waals surface area contributed by atoms with E-state index in [-0.39, 0.29) is 18.3 Å². The fourth-order valence-electron chi connectivity index (χ4n) is 3.42. The van der Waals surface area contributed by atoms with Crippen LogP contribution in [0.25, 0.3) is 0 Å². The zero-order chi connectivity index (χ0) is 20.2.